The van der Waals surface area contributed by atoms with E-state index >= 15 is 0 Å². The van der Waals surface area contributed by atoms with Gasteiger partial charge >= 0.3 is 0 Å². The van der Waals surface area contributed by atoms with Crippen LogP contribution in [-0.4, -0.2) is 27.2 Å². The topological polar surface area (TPSA) is 49.3 Å². The average Bonchev–Trinajstić information content (AvgIpc) is 3.96. The fourth-order valence-corrected chi connectivity index (χ4v) is 10.8. The van der Waals surface area contributed by atoms with E-state index in [1.54, 1.807) is 0 Å². The van der Waals surface area contributed by atoms with Gasteiger partial charge in [0.15, 0.2) is 0 Å². The van der Waals surface area contributed by atoms with E-state index in [9.17, 15) is 0 Å². The van der Waals surface area contributed by atoms with Gasteiger partial charge in [-0.2, -0.15) is 0 Å². The highest BCUT2D eigenvalue weighted by atomic mass is 15.2. The summed E-state index contributed by atoms with van der Waals surface area (Å²) in [6, 6.07) is 59.2. The molecule has 5 heteroatoms. The van der Waals surface area contributed by atoms with Crippen molar-refractivity contribution in [2.45, 2.75) is 44.6 Å². The van der Waals surface area contributed by atoms with Gasteiger partial charge in [-0.3, -0.25) is 5.41 Å². The van der Waals surface area contributed by atoms with Crippen LogP contribution in [0.15, 0.2) is 187 Å². The molecule has 63 heavy (non-hydrogen) atoms. The van der Waals surface area contributed by atoms with E-state index in [1.165, 1.54) is 66.5 Å². The molecule has 1 aliphatic heterocycles. The first-order chi connectivity index (χ1) is 31.0. The SMILES string of the molecule is CC1C=CC2c3ccccc3N(c3ccc4c(c3)c3cc(-c5ccc6c(c5)c5c(n6/C=N/c6ccccc6C(=N)c6ccccc6)C=CCC5C)ccc3n4-c3ccccc3)C2C1. The van der Waals surface area contributed by atoms with E-state index < -0.39 is 0 Å². The zero-order chi connectivity index (χ0) is 42.2. The maximum atomic E-state index is 9.04. The smallest absolute Gasteiger partial charge is 0.100 e. The molecule has 0 saturated carbocycles. The Morgan fingerprint density at radius 2 is 1.33 bits per heavy atom. The largest absolute Gasteiger partial charge is 0.337 e. The van der Waals surface area contributed by atoms with E-state index in [1.807, 2.05) is 60.9 Å². The summed E-state index contributed by atoms with van der Waals surface area (Å²) < 4.78 is 4.67. The first-order valence-electron chi connectivity index (χ1n) is 22.3. The predicted molar refractivity (Wildman–Crippen MR) is 264 cm³/mol. The molecular weight excluding hydrogens is 767 g/mol. The van der Waals surface area contributed by atoms with Gasteiger partial charge < -0.3 is 14.0 Å². The van der Waals surface area contributed by atoms with Crippen LogP contribution < -0.4 is 4.90 Å². The van der Waals surface area contributed by atoms with Crippen LogP contribution in [0.25, 0.3) is 55.6 Å². The van der Waals surface area contributed by atoms with E-state index in [4.69, 9.17) is 10.4 Å². The number of nitrogens with one attached hydrogen (secondary N) is 1. The van der Waals surface area contributed by atoms with Gasteiger partial charge in [0.25, 0.3) is 0 Å². The van der Waals surface area contributed by atoms with Gasteiger partial charge in [0.05, 0.1) is 33.6 Å². The van der Waals surface area contributed by atoms with Crippen LogP contribution in [0.2, 0.25) is 0 Å². The van der Waals surface area contributed by atoms with Crippen LogP contribution in [0.1, 0.15) is 66.5 Å². The van der Waals surface area contributed by atoms with Crippen LogP contribution in [0, 0.1) is 11.3 Å². The summed E-state index contributed by atoms with van der Waals surface area (Å²) >= 11 is 0. The lowest BCUT2D eigenvalue weighted by atomic mass is 9.83. The highest BCUT2D eigenvalue weighted by Crippen LogP contribution is 2.51. The standard InChI is InChI=1S/C58H47N5/c1-37-24-28-45-44-19-10-12-22-52(44)63(56(45)32-37)43-27-31-54-48(35-43)47-33-40(26-30-53(47)62(54)42-17-7-4-8-18-42)41-25-29-51-49(34-41)57-38(2)14-13-23-55(57)61(51)36-60-50-21-11-9-20-46(50)58(59)39-15-5-3-6-16-39/h3-13,15-31,33-38,45,56,59H,14,32H2,1-2H3/b59-58?,60-36+. The van der Waals surface area contributed by atoms with Crippen LogP contribution in [0.5, 0.6) is 0 Å². The summed E-state index contributed by atoms with van der Waals surface area (Å²) in [6.07, 6.45) is 13.5. The summed E-state index contributed by atoms with van der Waals surface area (Å²) in [5.74, 6) is 1.30. The number of fused-ring (bicyclic) bond motifs is 9. The lowest BCUT2D eigenvalue weighted by molar-refractivity contribution is 0.485. The van der Waals surface area contributed by atoms with Crippen molar-refractivity contribution in [1.29, 1.82) is 5.41 Å². The highest BCUT2D eigenvalue weighted by Gasteiger charge is 2.40. The van der Waals surface area contributed by atoms with Crippen LogP contribution in [0.4, 0.5) is 17.1 Å². The zero-order valence-corrected chi connectivity index (χ0v) is 35.5. The van der Waals surface area contributed by atoms with E-state index in [-0.39, 0.29) is 0 Å². The Morgan fingerprint density at radius 1 is 0.651 bits per heavy atom. The zero-order valence-electron chi connectivity index (χ0n) is 35.5. The minimum Gasteiger partial charge on any atom is -0.337 e. The second-order valence-electron chi connectivity index (χ2n) is 17.7. The van der Waals surface area contributed by atoms with Gasteiger partial charge in [0.1, 0.15) is 6.34 Å². The van der Waals surface area contributed by atoms with Gasteiger partial charge in [-0.1, -0.05) is 129 Å². The average molecular weight is 814 g/mol. The van der Waals surface area contributed by atoms with Crippen molar-refractivity contribution in [3.05, 3.63) is 210 Å². The third-order valence-corrected chi connectivity index (χ3v) is 13.8. The second kappa shape index (κ2) is 14.8. The Kier molecular flexibility index (Phi) is 8.79. The van der Waals surface area contributed by atoms with Crippen LogP contribution in [-0.2, 0) is 0 Å². The monoisotopic (exact) mass is 813 g/mol. The molecule has 2 aromatic heterocycles. The van der Waals surface area contributed by atoms with Crippen molar-refractivity contribution < 1.29 is 0 Å². The number of hydrogen-bond donors (Lipinski definition) is 1. The van der Waals surface area contributed by atoms with Gasteiger partial charge in [0, 0.05) is 56.3 Å². The van der Waals surface area contributed by atoms with Gasteiger partial charge in [-0.25, -0.2) is 4.99 Å². The Labute approximate surface area is 368 Å². The minimum absolute atomic E-state index is 0.360. The van der Waals surface area contributed by atoms with Crippen molar-refractivity contribution in [3.8, 4) is 16.8 Å². The summed E-state index contributed by atoms with van der Waals surface area (Å²) in [4.78, 5) is 7.70. The van der Waals surface area contributed by atoms with E-state index in [0.717, 1.165) is 40.9 Å². The van der Waals surface area contributed by atoms with Crippen LogP contribution in [0.3, 0.4) is 0 Å². The van der Waals surface area contributed by atoms with Crippen molar-refractivity contribution >= 4 is 67.9 Å². The van der Waals surface area contributed by atoms with Crippen molar-refractivity contribution in [2.75, 3.05) is 4.90 Å². The molecule has 0 spiro atoms. The van der Waals surface area contributed by atoms with Crippen molar-refractivity contribution in [2.24, 2.45) is 10.9 Å². The summed E-state index contributed by atoms with van der Waals surface area (Å²) in [6.45, 7) is 4.68. The number of anilines is 2. The van der Waals surface area contributed by atoms with Crippen LogP contribution >= 0.6 is 0 Å². The maximum Gasteiger partial charge on any atom is 0.100 e. The Hall–Kier alpha value is -7.50. The number of rotatable bonds is 7. The molecule has 4 unspecified atom stereocenters. The summed E-state index contributed by atoms with van der Waals surface area (Å²) in [5, 5.41) is 12.8. The second-order valence-corrected chi connectivity index (χ2v) is 17.7. The normalized spacial score (nSPS) is 19.0. The Bertz CT molecular complexity index is 3360. The quantitative estimate of drug-likeness (QED) is 0.0972. The Morgan fingerprint density at radius 3 is 2.16 bits per heavy atom. The van der Waals surface area contributed by atoms with E-state index in [2.05, 4.69) is 161 Å². The molecule has 3 heterocycles. The highest BCUT2D eigenvalue weighted by molar-refractivity contribution is 6.14. The molecule has 0 bridgehead atoms. The minimum atomic E-state index is 0.360. The molecule has 0 saturated heterocycles. The first-order valence-corrected chi connectivity index (χ1v) is 22.3. The molecule has 9 aromatic rings. The lowest BCUT2D eigenvalue weighted by Crippen LogP contribution is -2.33. The molecule has 7 aromatic carbocycles. The van der Waals surface area contributed by atoms with Crippen molar-refractivity contribution in [1.82, 2.24) is 9.13 Å². The van der Waals surface area contributed by atoms with Gasteiger partial charge in [0.2, 0.25) is 0 Å². The summed E-state index contributed by atoms with van der Waals surface area (Å²) in [7, 11) is 0. The molecule has 3 aliphatic rings. The molecule has 1 N–H and O–H groups in total. The predicted octanol–water partition coefficient (Wildman–Crippen LogP) is 14.7. The van der Waals surface area contributed by atoms with Gasteiger partial charge in [-0.05, 0) is 120 Å². The maximum absolute atomic E-state index is 9.04. The third kappa shape index (κ3) is 6.06. The molecule has 304 valence electrons. The molecule has 0 radical (unpaired) electrons. The van der Waals surface area contributed by atoms with Crippen molar-refractivity contribution in [3.63, 3.8) is 0 Å². The molecule has 0 fully saturated rings. The number of hydrogen-bond acceptors (Lipinski definition) is 3. The molecule has 2 aliphatic carbocycles. The number of aliphatic imine (C=N–C) groups is 1. The fraction of sp³-hybridized carbons (Fsp3) is 0.138. The molecule has 0 amide bonds. The molecule has 4 atom stereocenters. The summed E-state index contributed by atoms with van der Waals surface area (Å²) in [5.41, 5.74) is 16.5. The Balaban J connectivity index is 0.988. The number of aromatic nitrogens is 2. The number of nitrogens with zero attached hydrogens (tertiary/aromatic N) is 4. The fourth-order valence-electron chi connectivity index (χ4n) is 10.8. The third-order valence-electron chi connectivity index (χ3n) is 13.8. The molecule has 12 rings (SSSR count). The first kappa shape index (κ1) is 37.3. The molecule has 5 nitrogen and oxygen atoms in total. The number of allylic oxidation sites excluding steroid dienone is 2. The van der Waals surface area contributed by atoms with E-state index in [0.29, 0.717) is 29.5 Å². The number of para-hydroxylation sites is 3. The number of benzene rings is 7. The lowest BCUT2D eigenvalue weighted by Gasteiger charge is -2.33. The van der Waals surface area contributed by atoms with Gasteiger partial charge in [-0.15, -0.1) is 0 Å². The molecular formula is C58H47N5.